The van der Waals surface area contributed by atoms with Crippen LogP contribution in [-0.4, -0.2) is 84.2 Å². The summed E-state index contributed by atoms with van der Waals surface area (Å²) in [6, 6.07) is -0.0373. The number of carbonyl (C=O) groups is 1. The maximum absolute atomic E-state index is 12.5. The third-order valence-electron chi connectivity index (χ3n) is 4.61. The van der Waals surface area contributed by atoms with Crippen LogP contribution in [0.15, 0.2) is 0 Å². The fourth-order valence-corrected chi connectivity index (χ4v) is 3.07. The summed E-state index contributed by atoms with van der Waals surface area (Å²) in [5.41, 5.74) is 0. The standard InChI is InChI=1S/C14H27N3O2/c1-3-15-6-8-16(9-7-15)14(19)12(2)17-5-4-13(10-17)11-18/h12-13,18H,3-11H2,1-2H3. The molecule has 1 amide bonds. The largest absolute Gasteiger partial charge is 0.396 e. The number of likely N-dealkylation sites (tertiary alicyclic amines) is 1. The van der Waals surface area contributed by atoms with Crippen LogP contribution in [0.3, 0.4) is 0 Å². The first-order valence-corrected chi connectivity index (χ1v) is 7.51. The molecule has 2 saturated heterocycles. The summed E-state index contributed by atoms with van der Waals surface area (Å²) in [7, 11) is 0. The highest BCUT2D eigenvalue weighted by Gasteiger charge is 2.32. The minimum Gasteiger partial charge on any atom is -0.396 e. The molecule has 0 spiro atoms. The van der Waals surface area contributed by atoms with Crippen molar-refractivity contribution in [1.82, 2.24) is 14.7 Å². The van der Waals surface area contributed by atoms with Crippen molar-refractivity contribution in [3.8, 4) is 0 Å². The number of hydrogen-bond acceptors (Lipinski definition) is 4. The van der Waals surface area contributed by atoms with E-state index in [1.165, 1.54) is 0 Å². The Hall–Kier alpha value is -0.650. The summed E-state index contributed by atoms with van der Waals surface area (Å²) in [4.78, 5) is 19.1. The van der Waals surface area contributed by atoms with E-state index in [9.17, 15) is 9.90 Å². The van der Waals surface area contributed by atoms with Crippen molar-refractivity contribution in [1.29, 1.82) is 0 Å². The molecule has 2 rings (SSSR count). The van der Waals surface area contributed by atoms with E-state index >= 15 is 0 Å². The van der Waals surface area contributed by atoms with Crippen LogP contribution in [0.4, 0.5) is 0 Å². The van der Waals surface area contributed by atoms with Crippen LogP contribution in [0, 0.1) is 5.92 Å². The molecule has 2 aliphatic rings. The number of rotatable bonds is 4. The monoisotopic (exact) mass is 269 g/mol. The van der Waals surface area contributed by atoms with Gasteiger partial charge in [0.25, 0.3) is 0 Å². The lowest BCUT2D eigenvalue weighted by Gasteiger charge is -2.37. The highest BCUT2D eigenvalue weighted by molar-refractivity contribution is 5.81. The first kappa shape index (κ1) is 14.8. The molecule has 2 fully saturated rings. The molecule has 5 heteroatoms. The van der Waals surface area contributed by atoms with Gasteiger partial charge in [-0.25, -0.2) is 0 Å². The molecule has 2 aliphatic heterocycles. The van der Waals surface area contributed by atoms with Gasteiger partial charge in [-0.2, -0.15) is 0 Å². The van der Waals surface area contributed by atoms with Gasteiger partial charge in [-0.15, -0.1) is 0 Å². The number of amides is 1. The molecule has 1 N–H and O–H groups in total. The van der Waals surface area contributed by atoms with Gasteiger partial charge in [0, 0.05) is 39.3 Å². The van der Waals surface area contributed by atoms with Crippen molar-refractivity contribution in [2.24, 2.45) is 5.92 Å². The van der Waals surface area contributed by atoms with Gasteiger partial charge in [0.15, 0.2) is 0 Å². The molecule has 110 valence electrons. The maximum atomic E-state index is 12.5. The van der Waals surface area contributed by atoms with Crippen LogP contribution in [0.1, 0.15) is 20.3 Å². The Kier molecular flexibility index (Phi) is 5.19. The van der Waals surface area contributed by atoms with E-state index in [0.717, 1.165) is 52.2 Å². The summed E-state index contributed by atoms with van der Waals surface area (Å²) in [5.74, 6) is 0.613. The smallest absolute Gasteiger partial charge is 0.239 e. The number of piperazine rings is 1. The average molecular weight is 269 g/mol. The molecule has 0 radical (unpaired) electrons. The Morgan fingerprint density at radius 1 is 1.26 bits per heavy atom. The summed E-state index contributed by atoms with van der Waals surface area (Å²) >= 11 is 0. The highest BCUT2D eigenvalue weighted by Crippen LogP contribution is 2.19. The molecule has 0 aliphatic carbocycles. The van der Waals surface area contributed by atoms with Crippen LogP contribution >= 0.6 is 0 Å². The Morgan fingerprint density at radius 2 is 1.95 bits per heavy atom. The second-order valence-electron chi connectivity index (χ2n) is 5.77. The van der Waals surface area contributed by atoms with E-state index in [1.54, 1.807) is 0 Å². The Balaban J connectivity index is 1.83. The van der Waals surface area contributed by atoms with Crippen molar-refractivity contribution in [3.05, 3.63) is 0 Å². The molecule has 0 aromatic heterocycles. The lowest BCUT2D eigenvalue weighted by Crippen LogP contribution is -2.53. The zero-order valence-electron chi connectivity index (χ0n) is 12.2. The minimum absolute atomic E-state index is 0.0373. The van der Waals surface area contributed by atoms with E-state index in [2.05, 4.69) is 16.7 Å². The van der Waals surface area contributed by atoms with Gasteiger partial charge in [0.1, 0.15) is 0 Å². The molecule has 19 heavy (non-hydrogen) atoms. The summed E-state index contributed by atoms with van der Waals surface area (Å²) < 4.78 is 0. The first-order valence-electron chi connectivity index (χ1n) is 7.51. The fourth-order valence-electron chi connectivity index (χ4n) is 3.07. The predicted octanol–water partition coefficient (Wildman–Crippen LogP) is -0.147. The molecular formula is C14H27N3O2. The number of aliphatic hydroxyl groups is 1. The topological polar surface area (TPSA) is 47.0 Å². The summed E-state index contributed by atoms with van der Waals surface area (Å²) in [5, 5.41) is 9.18. The minimum atomic E-state index is -0.0373. The third kappa shape index (κ3) is 3.46. The van der Waals surface area contributed by atoms with Gasteiger partial charge >= 0.3 is 0 Å². The van der Waals surface area contributed by atoms with E-state index < -0.39 is 0 Å². The van der Waals surface area contributed by atoms with Crippen LogP contribution in [0.5, 0.6) is 0 Å². The van der Waals surface area contributed by atoms with Crippen molar-refractivity contribution < 1.29 is 9.90 Å². The van der Waals surface area contributed by atoms with Gasteiger partial charge in [-0.1, -0.05) is 6.92 Å². The Labute approximate surface area is 116 Å². The van der Waals surface area contributed by atoms with Crippen LogP contribution < -0.4 is 0 Å². The van der Waals surface area contributed by atoms with Crippen LogP contribution in [0.25, 0.3) is 0 Å². The van der Waals surface area contributed by atoms with Gasteiger partial charge in [0.05, 0.1) is 6.04 Å². The zero-order valence-corrected chi connectivity index (χ0v) is 12.2. The molecule has 0 saturated carbocycles. The molecule has 5 nitrogen and oxygen atoms in total. The lowest BCUT2D eigenvalue weighted by molar-refractivity contribution is -0.137. The molecule has 2 atom stereocenters. The lowest BCUT2D eigenvalue weighted by atomic mass is 10.1. The summed E-state index contributed by atoms with van der Waals surface area (Å²) in [6.45, 7) is 11.0. The van der Waals surface area contributed by atoms with Gasteiger partial charge < -0.3 is 14.9 Å². The molecule has 2 unspecified atom stereocenters. The summed E-state index contributed by atoms with van der Waals surface area (Å²) in [6.07, 6.45) is 1.01. The van der Waals surface area contributed by atoms with Crippen LogP contribution in [-0.2, 0) is 4.79 Å². The van der Waals surface area contributed by atoms with E-state index in [1.807, 2.05) is 11.8 Å². The number of carbonyl (C=O) groups excluding carboxylic acids is 1. The fraction of sp³-hybridized carbons (Fsp3) is 0.929. The SMILES string of the molecule is CCN1CCN(C(=O)C(C)N2CCC(CO)C2)CC1. The van der Waals surface area contributed by atoms with E-state index in [4.69, 9.17) is 0 Å². The van der Waals surface area contributed by atoms with E-state index in [-0.39, 0.29) is 18.6 Å². The quantitative estimate of drug-likeness (QED) is 0.771. The number of nitrogens with zero attached hydrogens (tertiary/aromatic N) is 3. The Bertz CT molecular complexity index is 303. The second-order valence-corrected chi connectivity index (χ2v) is 5.77. The van der Waals surface area contributed by atoms with Gasteiger partial charge in [-0.3, -0.25) is 9.69 Å². The normalized spacial score (nSPS) is 27.7. The number of likely N-dealkylation sites (N-methyl/N-ethyl adjacent to an activating group) is 1. The molecule has 0 aromatic rings. The molecule has 0 bridgehead atoms. The Morgan fingerprint density at radius 3 is 2.47 bits per heavy atom. The first-order chi connectivity index (χ1) is 9.15. The van der Waals surface area contributed by atoms with Crippen molar-refractivity contribution in [2.75, 3.05) is 52.4 Å². The predicted molar refractivity (Wildman–Crippen MR) is 74.9 cm³/mol. The molecule has 0 aromatic carbocycles. The van der Waals surface area contributed by atoms with Crippen molar-refractivity contribution in [2.45, 2.75) is 26.3 Å². The average Bonchev–Trinajstić information content (AvgIpc) is 2.94. The van der Waals surface area contributed by atoms with Crippen LogP contribution in [0.2, 0.25) is 0 Å². The van der Waals surface area contributed by atoms with E-state index in [0.29, 0.717) is 5.92 Å². The van der Waals surface area contributed by atoms with Gasteiger partial charge in [-0.05, 0) is 32.4 Å². The molecular weight excluding hydrogens is 242 g/mol. The highest BCUT2D eigenvalue weighted by atomic mass is 16.3. The zero-order chi connectivity index (χ0) is 13.8. The number of hydrogen-bond donors (Lipinski definition) is 1. The van der Waals surface area contributed by atoms with Crippen molar-refractivity contribution >= 4 is 5.91 Å². The second kappa shape index (κ2) is 6.68. The third-order valence-corrected chi connectivity index (χ3v) is 4.61. The maximum Gasteiger partial charge on any atom is 0.239 e. The van der Waals surface area contributed by atoms with Crippen molar-refractivity contribution in [3.63, 3.8) is 0 Å². The van der Waals surface area contributed by atoms with Gasteiger partial charge in [0.2, 0.25) is 5.91 Å². The molecule has 2 heterocycles. The number of aliphatic hydroxyl groups excluding tert-OH is 1.